The highest BCUT2D eigenvalue weighted by Gasteiger charge is 2.20. The third-order valence-corrected chi connectivity index (χ3v) is 2.50. The molecule has 1 aromatic heterocycles. The number of carboxylic acid groups (broad SMARTS) is 1. The zero-order valence-electron chi connectivity index (χ0n) is 7.53. The Morgan fingerprint density at radius 2 is 2.54 bits per heavy atom. The number of hydrogen-bond acceptors (Lipinski definition) is 2. The van der Waals surface area contributed by atoms with Crippen molar-refractivity contribution in [2.24, 2.45) is 0 Å². The molecular weight excluding hydrogens is 168 g/mol. The summed E-state index contributed by atoms with van der Waals surface area (Å²) in [6.07, 6.45) is 3.85. The molecule has 2 heterocycles. The average molecular weight is 180 g/mol. The van der Waals surface area contributed by atoms with Crippen molar-refractivity contribution in [1.82, 2.24) is 9.55 Å². The van der Waals surface area contributed by atoms with Gasteiger partial charge in [0.2, 0.25) is 0 Å². The van der Waals surface area contributed by atoms with Gasteiger partial charge in [-0.05, 0) is 12.8 Å². The van der Waals surface area contributed by atoms with Gasteiger partial charge in [-0.25, -0.2) is 9.78 Å². The molecule has 1 unspecified atom stereocenters. The van der Waals surface area contributed by atoms with Crippen LogP contribution in [0.1, 0.15) is 42.0 Å². The Hall–Kier alpha value is -1.32. The van der Waals surface area contributed by atoms with E-state index in [0.717, 1.165) is 25.2 Å². The second-order valence-electron chi connectivity index (χ2n) is 3.53. The summed E-state index contributed by atoms with van der Waals surface area (Å²) in [5, 5.41) is 8.74. The molecule has 13 heavy (non-hydrogen) atoms. The van der Waals surface area contributed by atoms with Crippen molar-refractivity contribution < 1.29 is 9.90 Å². The predicted octanol–water partition coefficient (Wildman–Crippen LogP) is 1.48. The van der Waals surface area contributed by atoms with Crippen LogP contribution in [0.25, 0.3) is 0 Å². The largest absolute Gasteiger partial charge is 0.476 e. The molecule has 0 saturated heterocycles. The standard InChI is InChI=1S/C9H12N2O2/c1-6-3-2-4-11-5-7(9(12)13)10-8(6)11/h5-6H,2-4H2,1H3,(H,12,13). The monoisotopic (exact) mass is 180 g/mol. The van der Waals surface area contributed by atoms with Crippen molar-refractivity contribution in [1.29, 1.82) is 0 Å². The minimum Gasteiger partial charge on any atom is -0.476 e. The van der Waals surface area contributed by atoms with Crippen molar-refractivity contribution in [2.45, 2.75) is 32.2 Å². The van der Waals surface area contributed by atoms with Crippen LogP contribution >= 0.6 is 0 Å². The molecule has 0 aromatic carbocycles. The quantitative estimate of drug-likeness (QED) is 0.712. The van der Waals surface area contributed by atoms with Crippen molar-refractivity contribution >= 4 is 5.97 Å². The van der Waals surface area contributed by atoms with E-state index in [1.54, 1.807) is 6.20 Å². The number of fused-ring (bicyclic) bond motifs is 1. The number of aryl methyl sites for hydroxylation is 1. The first-order chi connectivity index (χ1) is 6.18. The molecule has 0 spiro atoms. The van der Waals surface area contributed by atoms with E-state index >= 15 is 0 Å². The Morgan fingerprint density at radius 1 is 1.77 bits per heavy atom. The molecule has 1 atom stereocenters. The summed E-state index contributed by atoms with van der Waals surface area (Å²) in [4.78, 5) is 14.7. The number of nitrogens with zero attached hydrogens (tertiary/aromatic N) is 2. The number of carbonyl (C=O) groups is 1. The number of imidazole rings is 1. The Labute approximate surface area is 76.2 Å². The minimum atomic E-state index is -0.936. The summed E-state index contributed by atoms with van der Waals surface area (Å²) >= 11 is 0. The van der Waals surface area contributed by atoms with E-state index in [2.05, 4.69) is 11.9 Å². The molecule has 4 nitrogen and oxygen atoms in total. The molecule has 0 bridgehead atoms. The molecular formula is C9H12N2O2. The van der Waals surface area contributed by atoms with Crippen molar-refractivity contribution in [2.75, 3.05) is 0 Å². The second kappa shape index (κ2) is 2.87. The fraction of sp³-hybridized carbons (Fsp3) is 0.556. The predicted molar refractivity (Wildman–Crippen MR) is 46.8 cm³/mol. The van der Waals surface area contributed by atoms with Crippen LogP contribution in [0, 0.1) is 0 Å². The first-order valence-corrected chi connectivity index (χ1v) is 4.49. The maximum Gasteiger partial charge on any atom is 0.356 e. The van der Waals surface area contributed by atoms with E-state index in [0.29, 0.717) is 5.92 Å². The Morgan fingerprint density at radius 3 is 3.15 bits per heavy atom. The van der Waals surface area contributed by atoms with Gasteiger partial charge in [-0.3, -0.25) is 0 Å². The molecule has 2 rings (SSSR count). The molecule has 0 aliphatic carbocycles. The van der Waals surface area contributed by atoms with E-state index in [-0.39, 0.29) is 5.69 Å². The molecule has 1 aliphatic rings. The number of rotatable bonds is 1. The summed E-state index contributed by atoms with van der Waals surface area (Å²) in [6.45, 7) is 2.99. The van der Waals surface area contributed by atoms with Crippen LogP contribution in [-0.2, 0) is 6.54 Å². The Bertz CT molecular complexity index is 343. The first-order valence-electron chi connectivity index (χ1n) is 4.49. The van der Waals surface area contributed by atoms with Crippen molar-refractivity contribution in [3.05, 3.63) is 17.7 Å². The summed E-state index contributed by atoms with van der Waals surface area (Å²) in [5.74, 6) is 0.375. The van der Waals surface area contributed by atoms with Gasteiger partial charge in [0.1, 0.15) is 5.82 Å². The van der Waals surface area contributed by atoms with E-state index in [9.17, 15) is 4.79 Å². The molecule has 4 heteroatoms. The first kappa shape index (κ1) is 8.29. The van der Waals surface area contributed by atoms with Crippen LogP contribution in [0.2, 0.25) is 0 Å². The van der Waals surface area contributed by atoms with E-state index in [1.165, 1.54) is 0 Å². The third-order valence-electron chi connectivity index (χ3n) is 2.50. The molecule has 1 aliphatic heterocycles. The van der Waals surface area contributed by atoms with Gasteiger partial charge in [0.25, 0.3) is 0 Å². The van der Waals surface area contributed by atoms with Gasteiger partial charge in [0.15, 0.2) is 5.69 Å². The lowest BCUT2D eigenvalue weighted by Gasteiger charge is -2.19. The lowest BCUT2D eigenvalue weighted by molar-refractivity contribution is 0.0691. The average Bonchev–Trinajstić information content (AvgIpc) is 2.49. The van der Waals surface area contributed by atoms with Gasteiger partial charge < -0.3 is 9.67 Å². The maximum absolute atomic E-state index is 10.6. The smallest absolute Gasteiger partial charge is 0.356 e. The molecule has 70 valence electrons. The third kappa shape index (κ3) is 1.32. The Kier molecular flexibility index (Phi) is 1.83. The van der Waals surface area contributed by atoms with Crippen LogP contribution in [0.15, 0.2) is 6.20 Å². The molecule has 0 saturated carbocycles. The van der Waals surface area contributed by atoms with Gasteiger partial charge in [-0.2, -0.15) is 0 Å². The van der Waals surface area contributed by atoms with Crippen LogP contribution in [0.3, 0.4) is 0 Å². The van der Waals surface area contributed by atoms with Gasteiger partial charge in [0, 0.05) is 18.7 Å². The lowest BCUT2D eigenvalue weighted by Crippen LogP contribution is -2.12. The molecule has 0 fully saturated rings. The summed E-state index contributed by atoms with van der Waals surface area (Å²) < 4.78 is 1.96. The van der Waals surface area contributed by atoms with E-state index in [4.69, 9.17) is 5.11 Å². The van der Waals surface area contributed by atoms with E-state index < -0.39 is 5.97 Å². The van der Waals surface area contributed by atoms with Crippen LogP contribution in [0.5, 0.6) is 0 Å². The zero-order valence-corrected chi connectivity index (χ0v) is 7.53. The summed E-state index contributed by atoms with van der Waals surface area (Å²) in [5.41, 5.74) is 0.170. The maximum atomic E-state index is 10.6. The molecule has 1 aromatic rings. The molecule has 0 radical (unpaired) electrons. The fourth-order valence-electron chi connectivity index (χ4n) is 1.80. The van der Waals surface area contributed by atoms with Gasteiger partial charge in [-0.15, -0.1) is 0 Å². The molecule has 0 amide bonds. The van der Waals surface area contributed by atoms with Crippen LogP contribution in [-0.4, -0.2) is 20.6 Å². The topological polar surface area (TPSA) is 55.1 Å². The number of hydrogen-bond donors (Lipinski definition) is 1. The normalized spacial score (nSPS) is 21.2. The number of aromatic nitrogens is 2. The number of aromatic carboxylic acids is 1. The van der Waals surface area contributed by atoms with Crippen molar-refractivity contribution in [3.8, 4) is 0 Å². The highest BCUT2D eigenvalue weighted by atomic mass is 16.4. The number of carboxylic acids is 1. The highest BCUT2D eigenvalue weighted by molar-refractivity contribution is 5.85. The van der Waals surface area contributed by atoms with Crippen LogP contribution in [0.4, 0.5) is 0 Å². The second-order valence-corrected chi connectivity index (χ2v) is 3.53. The van der Waals surface area contributed by atoms with Crippen LogP contribution < -0.4 is 0 Å². The Balaban J connectivity index is 2.42. The zero-order chi connectivity index (χ0) is 9.42. The SMILES string of the molecule is CC1CCCn2cc(C(=O)O)nc21. The highest BCUT2D eigenvalue weighted by Crippen LogP contribution is 2.25. The van der Waals surface area contributed by atoms with Gasteiger partial charge in [0.05, 0.1) is 0 Å². The fourth-order valence-corrected chi connectivity index (χ4v) is 1.80. The lowest BCUT2D eigenvalue weighted by atomic mass is 10.0. The van der Waals surface area contributed by atoms with E-state index in [1.807, 2.05) is 4.57 Å². The molecule has 1 N–H and O–H groups in total. The van der Waals surface area contributed by atoms with Gasteiger partial charge in [-0.1, -0.05) is 6.92 Å². The minimum absolute atomic E-state index is 0.170. The summed E-state index contributed by atoms with van der Waals surface area (Å²) in [7, 11) is 0. The van der Waals surface area contributed by atoms with Gasteiger partial charge >= 0.3 is 5.97 Å². The summed E-state index contributed by atoms with van der Waals surface area (Å²) in [6, 6.07) is 0. The van der Waals surface area contributed by atoms with Crippen molar-refractivity contribution in [3.63, 3.8) is 0 Å².